The van der Waals surface area contributed by atoms with E-state index in [-0.39, 0.29) is 11.4 Å². The van der Waals surface area contributed by atoms with Gasteiger partial charge in [0.25, 0.3) is 11.7 Å². The summed E-state index contributed by atoms with van der Waals surface area (Å²) < 4.78 is 0.560. The van der Waals surface area contributed by atoms with Gasteiger partial charge >= 0.3 is 5.97 Å². The number of rotatable bonds is 3. The van der Waals surface area contributed by atoms with E-state index in [2.05, 4.69) is 15.9 Å². The van der Waals surface area contributed by atoms with E-state index in [4.69, 9.17) is 5.11 Å². The summed E-state index contributed by atoms with van der Waals surface area (Å²) in [4.78, 5) is 36.8. The number of halogens is 1. The second-order valence-electron chi connectivity index (χ2n) is 4.43. The minimum Gasteiger partial charge on any atom is -0.477 e. The van der Waals surface area contributed by atoms with Crippen molar-refractivity contribution >= 4 is 50.6 Å². The van der Waals surface area contributed by atoms with E-state index >= 15 is 0 Å². The largest absolute Gasteiger partial charge is 0.477 e. The molecule has 0 atom stereocenters. The number of fused-ring (bicyclic) bond motifs is 1. The van der Waals surface area contributed by atoms with Gasteiger partial charge in [-0.1, -0.05) is 6.07 Å². The molecule has 5 nitrogen and oxygen atoms in total. The van der Waals surface area contributed by atoms with E-state index in [1.54, 1.807) is 29.6 Å². The lowest BCUT2D eigenvalue weighted by molar-refractivity contribution is -0.114. The summed E-state index contributed by atoms with van der Waals surface area (Å²) >= 11 is 4.36. The molecule has 0 fully saturated rings. The van der Waals surface area contributed by atoms with Crippen LogP contribution in [0.3, 0.4) is 0 Å². The van der Waals surface area contributed by atoms with Gasteiger partial charge in [0.05, 0.1) is 17.8 Å². The van der Waals surface area contributed by atoms with Gasteiger partial charge in [0, 0.05) is 4.47 Å². The summed E-state index contributed by atoms with van der Waals surface area (Å²) in [5, 5.41) is 10.8. The van der Waals surface area contributed by atoms with Crippen LogP contribution in [-0.2, 0) is 11.3 Å². The van der Waals surface area contributed by atoms with E-state index in [0.29, 0.717) is 21.3 Å². The number of amides is 1. The number of carbonyl (C=O) groups excluding carboxylic acids is 2. The van der Waals surface area contributed by atoms with Crippen molar-refractivity contribution in [1.82, 2.24) is 0 Å². The lowest BCUT2D eigenvalue weighted by atomic mass is 10.1. The van der Waals surface area contributed by atoms with Crippen LogP contribution in [0.4, 0.5) is 5.69 Å². The number of anilines is 1. The Hall–Kier alpha value is -1.99. The summed E-state index contributed by atoms with van der Waals surface area (Å²) in [5.74, 6) is -2.25. The molecule has 1 amide bonds. The second kappa shape index (κ2) is 5.09. The highest BCUT2D eigenvalue weighted by Crippen LogP contribution is 2.35. The third kappa shape index (κ3) is 2.18. The number of carboxylic acid groups (broad SMARTS) is 1. The maximum Gasteiger partial charge on any atom is 0.346 e. The first-order valence-electron chi connectivity index (χ1n) is 5.95. The standard InChI is InChI=1S/C14H8BrNO4S/c15-8-2-1-3-9-10(8)11(17)13(18)16(9)6-7-4-5-21-12(7)14(19)20/h1-5H,6H2,(H,19,20). The molecule has 2 heterocycles. The van der Waals surface area contributed by atoms with Crippen molar-refractivity contribution in [2.75, 3.05) is 4.90 Å². The Kier molecular flexibility index (Phi) is 3.38. The van der Waals surface area contributed by atoms with Crippen molar-refractivity contribution in [3.05, 3.63) is 50.1 Å². The highest BCUT2D eigenvalue weighted by Gasteiger charge is 2.37. The maximum absolute atomic E-state index is 12.1. The number of aromatic carboxylic acids is 1. The molecular formula is C14H8BrNO4S. The van der Waals surface area contributed by atoms with Gasteiger partial charge in [-0.3, -0.25) is 9.59 Å². The molecule has 0 spiro atoms. The molecule has 1 aromatic heterocycles. The van der Waals surface area contributed by atoms with Crippen molar-refractivity contribution in [2.24, 2.45) is 0 Å². The van der Waals surface area contributed by atoms with Crippen LogP contribution in [0.5, 0.6) is 0 Å². The number of Topliss-reactive ketones (excluding diaryl/α,β-unsaturated/α-hetero) is 1. The number of thiophene rings is 1. The van der Waals surface area contributed by atoms with Crippen LogP contribution in [0.2, 0.25) is 0 Å². The molecular weight excluding hydrogens is 358 g/mol. The Bertz CT molecular complexity index is 783. The van der Waals surface area contributed by atoms with Gasteiger partial charge in [-0.2, -0.15) is 0 Å². The number of hydrogen-bond donors (Lipinski definition) is 1. The number of carboxylic acids is 1. The van der Waals surface area contributed by atoms with Crippen molar-refractivity contribution in [1.29, 1.82) is 0 Å². The molecule has 2 aromatic rings. The monoisotopic (exact) mass is 365 g/mol. The lowest BCUT2D eigenvalue weighted by Gasteiger charge is -2.16. The third-order valence-electron chi connectivity index (χ3n) is 3.22. The molecule has 1 aliphatic rings. The molecule has 0 unspecified atom stereocenters. The van der Waals surface area contributed by atoms with Gasteiger partial charge in [-0.05, 0) is 45.1 Å². The Labute approximate surface area is 131 Å². The van der Waals surface area contributed by atoms with Crippen LogP contribution in [-0.4, -0.2) is 22.8 Å². The van der Waals surface area contributed by atoms with Crippen LogP contribution in [0, 0.1) is 0 Å². The molecule has 1 aliphatic heterocycles. The maximum atomic E-state index is 12.1. The molecule has 1 N–H and O–H groups in total. The van der Waals surface area contributed by atoms with Crippen LogP contribution < -0.4 is 4.90 Å². The zero-order valence-electron chi connectivity index (χ0n) is 10.5. The predicted molar refractivity (Wildman–Crippen MR) is 80.9 cm³/mol. The van der Waals surface area contributed by atoms with E-state index in [1.165, 1.54) is 4.90 Å². The Balaban J connectivity index is 2.03. The van der Waals surface area contributed by atoms with Crippen LogP contribution in [0.25, 0.3) is 0 Å². The van der Waals surface area contributed by atoms with Crippen molar-refractivity contribution in [2.45, 2.75) is 6.54 Å². The normalized spacial score (nSPS) is 13.7. The number of benzene rings is 1. The fourth-order valence-electron chi connectivity index (χ4n) is 2.28. The second-order valence-corrected chi connectivity index (χ2v) is 6.20. The smallest absolute Gasteiger partial charge is 0.346 e. The highest BCUT2D eigenvalue weighted by atomic mass is 79.9. The van der Waals surface area contributed by atoms with Gasteiger partial charge < -0.3 is 10.0 Å². The third-order valence-corrected chi connectivity index (χ3v) is 4.82. The molecule has 0 saturated heterocycles. The first-order valence-corrected chi connectivity index (χ1v) is 7.62. The summed E-state index contributed by atoms with van der Waals surface area (Å²) in [7, 11) is 0. The van der Waals surface area contributed by atoms with Crippen LogP contribution >= 0.6 is 27.3 Å². The van der Waals surface area contributed by atoms with Crippen molar-refractivity contribution in [3.8, 4) is 0 Å². The predicted octanol–water partition coefficient (Wildman–Crippen LogP) is 2.94. The van der Waals surface area contributed by atoms with E-state index in [1.807, 2.05) is 0 Å². The van der Waals surface area contributed by atoms with Gasteiger partial charge in [0.2, 0.25) is 0 Å². The molecule has 0 radical (unpaired) electrons. The zero-order chi connectivity index (χ0) is 15.1. The highest BCUT2D eigenvalue weighted by molar-refractivity contribution is 9.10. The number of nitrogens with zero attached hydrogens (tertiary/aromatic N) is 1. The summed E-state index contributed by atoms with van der Waals surface area (Å²) in [6, 6.07) is 6.76. The van der Waals surface area contributed by atoms with E-state index in [0.717, 1.165) is 11.3 Å². The molecule has 0 aliphatic carbocycles. The fourth-order valence-corrected chi connectivity index (χ4v) is 3.57. The lowest BCUT2D eigenvalue weighted by Crippen LogP contribution is -2.29. The average Bonchev–Trinajstić information content (AvgIpc) is 2.99. The topological polar surface area (TPSA) is 74.7 Å². The van der Waals surface area contributed by atoms with E-state index in [9.17, 15) is 14.4 Å². The Morgan fingerprint density at radius 1 is 1.29 bits per heavy atom. The summed E-state index contributed by atoms with van der Waals surface area (Å²) in [6.45, 7) is 0.0686. The van der Waals surface area contributed by atoms with Gasteiger partial charge in [0.15, 0.2) is 0 Å². The minimum absolute atomic E-state index is 0.0686. The van der Waals surface area contributed by atoms with Gasteiger partial charge in [-0.15, -0.1) is 11.3 Å². The molecule has 106 valence electrons. The first kappa shape index (κ1) is 14.0. The number of ketones is 1. The summed E-state index contributed by atoms with van der Waals surface area (Å²) in [5.41, 5.74) is 1.35. The molecule has 21 heavy (non-hydrogen) atoms. The number of carbonyl (C=O) groups is 3. The van der Waals surface area contributed by atoms with Crippen molar-refractivity contribution in [3.63, 3.8) is 0 Å². The SMILES string of the molecule is O=C(O)c1sccc1CN1C(=O)C(=O)c2c(Br)cccc21. The molecule has 7 heteroatoms. The first-order chi connectivity index (χ1) is 10.0. The molecule has 0 bridgehead atoms. The average molecular weight is 366 g/mol. The fraction of sp³-hybridized carbons (Fsp3) is 0.0714. The Morgan fingerprint density at radius 2 is 2.05 bits per heavy atom. The zero-order valence-corrected chi connectivity index (χ0v) is 12.9. The van der Waals surface area contributed by atoms with E-state index < -0.39 is 17.7 Å². The summed E-state index contributed by atoms with van der Waals surface area (Å²) in [6.07, 6.45) is 0. The Morgan fingerprint density at radius 3 is 2.76 bits per heavy atom. The number of hydrogen-bond acceptors (Lipinski definition) is 4. The van der Waals surface area contributed by atoms with Crippen molar-refractivity contribution < 1.29 is 19.5 Å². The van der Waals surface area contributed by atoms with Crippen LogP contribution in [0.1, 0.15) is 25.6 Å². The minimum atomic E-state index is -1.03. The molecule has 0 saturated carbocycles. The van der Waals surface area contributed by atoms with Gasteiger partial charge in [0.1, 0.15) is 4.88 Å². The molecule has 3 rings (SSSR count). The van der Waals surface area contributed by atoms with Gasteiger partial charge in [-0.25, -0.2) is 4.79 Å². The molecule has 1 aromatic carbocycles. The van der Waals surface area contributed by atoms with Crippen LogP contribution in [0.15, 0.2) is 34.1 Å². The quantitative estimate of drug-likeness (QED) is 0.848.